The first kappa shape index (κ1) is 13.0. The first-order chi connectivity index (χ1) is 10.0. The maximum atomic E-state index is 13.6. The predicted molar refractivity (Wildman–Crippen MR) is 70.9 cm³/mol. The Morgan fingerprint density at radius 3 is 2.90 bits per heavy atom. The lowest BCUT2D eigenvalue weighted by Gasteiger charge is -2.05. The molecule has 0 amide bonds. The Balaban J connectivity index is 1.97. The number of ether oxygens (including phenoxy) is 1. The van der Waals surface area contributed by atoms with E-state index in [4.69, 9.17) is 4.74 Å². The van der Waals surface area contributed by atoms with Crippen LogP contribution in [0.5, 0.6) is 11.8 Å². The fourth-order valence-corrected chi connectivity index (χ4v) is 1.85. The summed E-state index contributed by atoms with van der Waals surface area (Å²) in [6.07, 6.45) is 1.69. The highest BCUT2D eigenvalue weighted by Gasteiger charge is 2.18. The first-order valence-electron chi connectivity index (χ1n) is 5.98. The Labute approximate surface area is 117 Å². The molecule has 0 fully saturated rings. The Morgan fingerprint density at radius 2 is 2.19 bits per heavy atom. The number of hydrogen-bond acceptors (Lipinski definition) is 5. The van der Waals surface area contributed by atoms with Crippen LogP contribution >= 0.6 is 0 Å². The molecular formula is C13H9FN4O3. The van der Waals surface area contributed by atoms with E-state index < -0.39 is 16.4 Å². The van der Waals surface area contributed by atoms with Gasteiger partial charge in [-0.2, -0.15) is 9.37 Å². The molecule has 0 unspecified atom stereocenters. The van der Waals surface area contributed by atoms with Gasteiger partial charge in [0.25, 0.3) is 0 Å². The summed E-state index contributed by atoms with van der Waals surface area (Å²) in [6.45, 7) is 1.58. The largest absolute Gasteiger partial charge is 0.423 e. The van der Waals surface area contributed by atoms with Crippen molar-refractivity contribution in [3.8, 4) is 11.8 Å². The topological polar surface area (TPSA) is 82.6 Å². The van der Waals surface area contributed by atoms with Crippen molar-refractivity contribution in [2.75, 3.05) is 0 Å². The van der Waals surface area contributed by atoms with Gasteiger partial charge in [0.15, 0.2) is 5.65 Å². The lowest BCUT2D eigenvalue weighted by Crippen LogP contribution is -1.96. The van der Waals surface area contributed by atoms with E-state index in [1.807, 2.05) is 0 Å². The van der Waals surface area contributed by atoms with Gasteiger partial charge >= 0.3 is 11.7 Å². The van der Waals surface area contributed by atoms with Crippen LogP contribution in [0.15, 0.2) is 36.5 Å². The van der Waals surface area contributed by atoms with Crippen LogP contribution in [-0.4, -0.2) is 19.5 Å². The molecule has 21 heavy (non-hydrogen) atoms. The lowest BCUT2D eigenvalue weighted by atomic mass is 10.2. The summed E-state index contributed by atoms with van der Waals surface area (Å²) in [6, 6.07) is 7.42. The number of nitrogens with zero attached hydrogens (tertiary/aromatic N) is 4. The number of nitro groups is 1. The van der Waals surface area contributed by atoms with E-state index in [1.165, 1.54) is 4.52 Å². The number of hydrogen-bond donors (Lipinski definition) is 0. The Morgan fingerprint density at radius 1 is 1.38 bits per heavy atom. The van der Waals surface area contributed by atoms with E-state index in [0.29, 0.717) is 11.2 Å². The molecule has 0 aliphatic carbocycles. The average Bonchev–Trinajstić information content (AvgIpc) is 2.84. The molecule has 0 atom stereocenters. The third-order valence-electron chi connectivity index (χ3n) is 2.86. The van der Waals surface area contributed by atoms with Crippen LogP contribution in [-0.2, 0) is 0 Å². The molecule has 0 N–H and O–H groups in total. The number of aryl methyl sites for hydroxylation is 1. The van der Waals surface area contributed by atoms with Gasteiger partial charge in [-0.1, -0.05) is 6.07 Å². The van der Waals surface area contributed by atoms with Gasteiger partial charge in [0.1, 0.15) is 5.75 Å². The minimum absolute atomic E-state index is 0.0394. The number of pyridine rings is 1. The van der Waals surface area contributed by atoms with E-state index in [2.05, 4.69) is 10.1 Å². The van der Waals surface area contributed by atoms with Crippen LogP contribution in [0.25, 0.3) is 5.65 Å². The molecule has 0 bridgehead atoms. The van der Waals surface area contributed by atoms with Crippen molar-refractivity contribution in [1.29, 1.82) is 0 Å². The van der Waals surface area contributed by atoms with Crippen LogP contribution in [0.1, 0.15) is 5.56 Å². The summed E-state index contributed by atoms with van der Waals surface area (Å²) in [7, 11) is 0. The predicted octanol–water partition coefficient (Wildman–Crippen LogP) is 2.88. The van der Waals surface area contributed by atoms with Gasteiger partial charge in [-0.25, -0.2) is 4.52 Å². The fourth-order valence-electron chi connectivity index (χ4n) is 1.85. The molecule has 2 aromatic heterocycles. The molecule has 0 saturated heterocycles. The molecule has 1 aromatic carbocycles. The number of fused-ring (bicyclic) bond motifs is 1. The van der Waals surface area contributed by atoms with Gasteiger partial charge in [0.2, 0.25) is 5.82 Å². The van der Waals surface area contributed by atoms with E-state index in [-0.39, 0.29) is 11.8 Å². The number of benzene rings is 1. The van der Waals surface area contributed by atoms with Crippen molar-refractivity contribution in [3.05, 3.63) is 58.0 Å². The van der Waals surface area contributed by atoms with Gasteiger partial charge in [0, 0.05) is 18.3 Å². The summed E-state index contributed by atoms with van der Waals surface area (Å²) >= 11 is 0. The van der Waals surface area contributed by atoms with Crippen molar-refractivity contribution in [1.82, 2.24) is 14.6 Å². The third kappa shape index (κ3) is 2.38. The van der Waals surface area contributed by atoms with E-state index >= 15 is 0 Å². The number of halogens is 1. The molecule has 3 rings (SSSR count). The Hall–Kier alpha value is -3.03. The standard InChI is InChI=1S/C13H9FN4O3/c1-8-6-10(18(19)20)9(14)7-11(8)21-13-15-12-4-2-3-5-17(12)16-13/h2-7H,1H3. The van der Waals surface area contributed by atoms with Gasteiger partial charge in [-0.3, -0.25) is 10.1 Å². The quantitative estimate of drug-likeness (QED) is 0.546. The van der Waals surface area contributed by atoms with Crippen LogP contribution in [0.4, 0.5) is 10.1 Å². The molecule has 0 saturated carbocycles. The smallest absolute Gasteiger partial charge is 0.341 e. The molecule has 8 heteroatoms. The van der Waals surface area contributed by atoms with Crippen LogP contribution in [0, 0.1) is 22.9 Å². The lowest BCUT2D eigenvalue weighted by molar-refractivity contribution is -0.387. The molecule has 0 aliphatic heterocycles. The molecule has 2 heterocycles. The maximum absolute atomic E-state index is 13.6. The van der Waals surface area contributed by atoms with Crippen LogP contribution < -0.4 is 4.74 Å². The van der Waals surface area contributed by atoms with Crippen molar-refractivity contribution >= 4 is 11.3 Å². The van der Waals surface area contributed by atoms with Crippen LogP contribution in [0.3, 0.4) is 0 Å². The Bertz CT molecular complexity index is 814. The van der Waals surface area contributed by atoms with E-state index in [9.17, 15) is 14.5 Å². The summed E-state index contributed by atoms with van der Waals surface area (Å²) in [5.41, 5.74) is 0.400. The van der Waals surface area contributed by atoms with Crippen molar-refractivity contribution < 1.29 is 14.1 Å². The highest BCUT2D eigenvalue weighted by Crippen LogP contribution is 2.29. The molecule has 3 aromatic rings. The van der Waals surface area contributed by atoms with Gasteiger partial charge in [-0.15, -0.1) is 5.10 Å². The summed E-state index contributed by atoms with van der Waals surface area (Å²) in [5, 5.41) is 14.7. The zero-order valence-corrected chi connectivity index (χ0v) is 10.9. The summed E-state index contributed by atoms with van der Waals surface area (Å²) < 4.78 is 20.5. The molecular weight excluding hydrogens is 279 g/mol. The third-order valence-corrected chi connectivity index (χ3v) is 2.86. The monoisotopic (exact) mass is 288 g/mol. The van der Waals surface area contributed by atoms with Gasteiger partial charge in [0.05, 0.1) is 4.92 Å². The summed E-state index contributed by atoms with van der Waals surface area (Å²) in [4.78, 5) is 14.0. The van der Waals surface area contributed by atoms with Gasteiger partial charge in [-0.05, 0) is 24.6 Å². The van der Waals surface area contributed by atoms with Crippen molar-refractivity contribution in [3.63, 3.8) is 0 Å². The molecule has 7 nitrogen and oxygen atoms in total. The van der Waals surface area contributed by atoms with Crippen molar-refractivity contribution in [2.45, 2.75) is 6.92 Å². The minimum atomic E-state index is -0.968. The first-order valence-corrected chi connectivity index (χ1v) is 5.98. The molecule has 0 aliphatic rings. The molecule has 0 radical (unpaired) electrons. The second kappa shape index (κ2) is 4.82. The number of nitro benzene ring substituents is 1. The zero-order chi connectivity index (χ0) is 15.0. The molecule has 0 spiro atoms. The number of aromatic nitrogens is 3. The average molecular weight is 288 g/mol. The Kier molecular flexibility index (Phi) is 2.98. The summed E-state index contributed by atoms with van der Waals surface area (Å²) in [5.74, 6) is -0.835. The normalized spacial score (nSPS) is 10.8. The SMILES string of the molecule is Cc1cc([N+](=O)[O-])c(F)cc1Oc1nc2ccccn2n1. The van der Waals surface area contributed by atoms with Crippen LogP contribution in [0.2, 0.25) is 0 Å². The van der Waals surface area contributed by atoms with E-state index in [0.717, 1.165) is 12.1 Å². The number of rotatable bonds is 3. The second-order valence-electron chi connectivity index (χ2n) is 4.33. The maximum Gasteiger partial charge on any atom is 0.341 e. The second-order valence-corrected chi connectivity index (χ2v) is 4.33. The highest BCUT2D eigenvalue weighted by atomic mass is 19.1. The minimum Gasteiger partial charge on any atom is -0.423 e. The van der Waals surface area contributed by atoms with Crippen molar-refractivity contribution in [2.24, 2.45) is 0 Å². The highest BCUT2D eigenvalue weighted by molar-refractivity contribution is 5.46. The zero-order valence-electron chi connectivity index (χ0n) is 10.9. The fraction of sp³-hybridized carbons (Fsp3) is 0.0769. The molecule has 106 valence electrons. The van der Waals surface area contributed by atoms with E-state index in [1.54, 1.807) is 31.3 Å². The van der Waals surface area contributed by atoms with Gasteiger partial charge < -0.3 is 4.74 Å².